The van der Waals surface area contributed by atoms with Crippen molar-refractivity contribution in [2.75, 3.05) is 5.32 Å². The van der Waals surface area contributed by atoms with E-state index in [2.05, 4.69) is 5.32 Å². The third kappa shape index (κ3) is 3.58. The lowest BCUT2D eigenvalue weighted by Crippen LogP contribution is -2.17. The van der Waals surface area contributed by atoms with Crippen LogP contribution in [-0.2, 0) is 0 Å². The Morgan fingerprint density at radius 2 is 1.48 bits per heavy atom. The van der Waals surface area contributed by atoms with Gasteiger partial charge in [-0.05, 0) is 30.7 Å². The molecule has 0 heterocycles. The first kappa shape index (κ1) is 16.5. The number of aryl methyl sites for hydroxylation is 1. The van der Waals surface area contributed by atoms with Crippen molar-refractivity contribution in [3.05, 3.63) is 95.1 Å². The van der Waals surface area contributed by atoms with Gasteiger partial charge in [0.15, 0.2) is 5.78 Å². The van der Waals surface area contributed by atoms with Crippen LogP contribution in [0.1, 0.15) is 31.8 Å². The Labute approximate surface area is 145 Å². The molecule has 3 aromatic carbocycles. The van der Waals surface area contributed by atoms with Crippen molar-refractivity contribution in [3.63, 3.8) is 0 Å². The summed E-state index contributed by atoms with van der Waals surface area (Å²) < 4.78 is 0. The fourth-order valence-electron chi connectivity index (χ4n) is 2.56. The number of phenols is 1. The topological polar surface area (TPSA) is 66.4 Å². The number of benzene rings is 3. The molecule has 0 aliphatic carbocycles. The molecule has 25 heavy (non-hydrogen) atoms. The molecule has 0 atom stereocenters. The van der Waals surface area contributed by atoms with Crippen LogP contribution in [-0.4, -0.2) is 16.8 Å². The van der Waals surface area contributed by atoms with Gasteiger partial charge in [0.25, 0.3) is 5.91 Å². The van der Waals surface area contributed by atoms with Crippen molar-refractivity contribution in [1.29, 1.82) is 0 Å². The number of rotatable bonds is 4. The molecule has 0 radical (unpaired) electrons. The summed E-state index contributed by atoms with van der Waals surface area (Å²) in [5, 5.41) is 12.6. The highest BCUT2D eigenvalue weighted by Crippen LogP contribution is 2.25. The Kier molecular flexibility index (Phi) is 4.61. The van der Waals surface area contributed by atoms with E-state index in [1.807, 2.05) is 13.0 Å². The summed E-state index contributed by atoms with van der Waals surface area (Å²) in [6.45, 7) is 1.85. The number of phenolic OH excluding ortho intramolecular Hbond substituents is 1. The minimum atomic E-state index is -0.445. The summed E-state index contributed by atoms with van der Waals surface area (Å²) in [6.07, 6.45) is 0. The molecule has 124 valence electrons. The molecule has 0 aliphatic rings. The van der Waals surface area contributed by atoms with E-state index in [1.54, 1.807) is 66.7 Å². The second kappa shape index (κ2) is 7.01. The van der Waals surface area contributed by atoms with Gasteiger partial charge in [0.1, 0.15) is 5.75 Å². The highest BCUT2D eigenvalue weighted by atomic mass is 16.3. The number of nitrogens with one attached hydrogen (secondary N) is 1. The number of anilines is 1. The first-order valence-corrected chi connectivity index (χ1v) is 7.86. The van der Waals surface area contributed by atoms with Crippen molar-refractivity contribution in [1.82, 2.24) is 0 Å². The Morgan fingerprint density at radius 1 is 0.840 bits per heavy atom. The predicted molar refractivity (Wildman–Crippen MR) is 97.1 cm³/mol. The summed E-state index contributed by atoms with van der Waals surface area (Å²) in [5.74, 6) is -0.682. The first-order chi connectivity index (χ1) is 12.1. The van der Waals surface area contributed by atoms with Gasteiger partial charge >= 0.3 is 0 Å². The van der Waals surface area contributed by atoms with Crippen molar-refractivity contribution in [2.24, 2.45) is 0 Å². The molecule has 0 saturated carbocycles. The second-order valence-corrected chi connectivity index (χ2v) is 5.72. The number of hydrogen-bond donors (Lipinski definition) is 2. The van der Waals surface area contributed by atoms with Crippen LogP contribution in [0.15, 0.2) is 72.8 Å². The molecule has 0 saturated heterocycles. The van der Waals surface area contributed by atoms with Gasteiger partial charge in [0.05, 0.1) is 11.3 Å². The van der Waals surface area contributed by atoms with E-state index in [9.17, 15) is 14.7 Å². The van der Waals surface area contributed by atoms with Gasteiger partial charge in [-0.2, -0.15) is 0 Å². The van der Waals surface area contributed by atoms with Crippen LogP contribution in [0.5, 0.6) is 5.75 Å². The van der Waals surface area contributed by atoms with Gasteiger partial charge in [-0.25, -0.2) is 0 Å². The number of amides is 1. The summed E-state index contributed by atoms with van der Waals surface area (Å²) in [6, 6.07) is 20.4. The molecular formula is C21H17NO3. The third-order valence-corrected chi connectivity index (χ3v) is 3.85. The van der Waals surface area contributed by atoms with Crippen LogP contribution in [0.25, 0.3) is 0 Å². The molecule has 4 nitrogen and oxygen atoms in total. The van der Waals surface area contributed by atoms with Crippen molar-refractivity contribution >= 4 is 17.4 Å². The molecule has 2 N–H and O–H groups in total. The molecule has 3 aromatic rings. The van der Waals surface area contributed by atoms with Crippen molar-refractivity contribution < 1.29 is 14.7 Å². The lowest BCUT2D eigenvalue weighted by Gasteiger charge is -2.11. The Morgan fingerprint density at radius 3 is 2.16 bits per heavy atom. The molecule has 0 bridgehead atoms. The van der Waals surface area contributed by atoms with E-state index in [0.717, 1.165) is 5.56 Å². The quantitative estimate of drug-likeness (QED) is 0.556. The fourth-order valence-corrected chi connectivity index (χ4v) is 2.56. The zero-order chi connectivity index (χ0) is 17.8. The molecule has 0 aromatic heterocycles. The predicted octanol–water partition coefficient (Wildman–Crippen LogP) is 4.18. The van der Waals surface area contributed by atoms with Crippen LogP contribution in [0.2, 0.25) is 0 Å². The molecule has 3 rings (SSSR count). The van der Waals surface area contributed by atoms with E-state index in [0.29, 0.717) is 16.8 Å². The molecule has 0 fully saturated rings. The normalized spacial score (nSPS) is 10.3. The third-order valence-electron chi connectivity index (χ3n) is 3.85. The van der Waals surface area contributed by atoms with Crippen LogP contribution >= 0.6 is 0 Å². The molecule has 0 unspecified atom stereocenters. The summed E-state index contributed by atoms with van der Waals surface area (Å²) in [5.41, 5.74) is 2.28. The SMILES string of the molecule is Cc1ccc(NC(=O)c2ccccc2C(=O)c2ccccc2)c(O)c1. The zero-order valence-corrected chi connectivity index (χ0v) is 13.7. The molecule has 0 aliphatic heterocycles. The van der Waals surface area contributed by atoms with Crippen LogP contribution in [0, 0.1) is 6.92 Å². The van der Waals surface area contributed by atoms with E-state index in [-0.39, 0.29) is 17.1 Å². The molecule has 4 heteroatoms. The van der Waals surface area contributed by atoms with Crippen LogP contribution in [0.4, 0.5) is 5.69 Å². The highest BCUT2D eigenvalue weighted by molar-refractivity contribution is 6.17. The van der Waals surface area contributed by atoms with Gasteiger partial charge in [-0.1, -0.05) is 54.6 Å². The van der Waals surface area contributed by atoms with Gasteiger partial charge in [0, 0.05) is 11.1 Å². The standard InChI is InChI=1S/C21H17NO3/c1-14-11-12-18(19(23)13-14)22-21(25)17-10-6-5-9-16(17)20(24)15-7-3-2-4-8-15/h2-13,23H,1H3,(H,22,25). The largest absolute Gasteiger partial charge is 0.506 e. The number of hydrogen-bond acceptors (Lipinski definition) is 3. The fraction of sp³-hybridized carbons (Fsp3) is 0.0476. The Balaban J connectivity index is 1.92. The van der Waals surface area contributed by atoms with Gasteiger partial charge in [-0.15, -0.1) is 0 Å². The van der Waals surface area contributed by atoms with E-state index in [4.69, 9.17) is 0 Å². The number of carbonyl (C=O) groups excluding carboxylic acids is 2. The minimum absolute atomic E-state index is 0.0137. The molecular weight excluding hydrogens is 314 g/mol. The average Bonchev–Trinajstić information content (AvgIpc) is 2.64. The van der Waals surface area contributed by atoms with Crippen molar-refractivity contribution in [3.8, 4) is 5.75 Å². The lowest BCUT2D eigenvalue weighted by atomic mass is 9.98. The number of carbonyl (C=O) groups is 2. The van der Waals surface area contributed by atoms with Crippen LogP contribution in [0.3, 0.4) is 0 Å². The average molecular weight is 331 g/mol. The summed E-state index contributed by atoms with van der Waals surface area (Å²) in [4.78, 5) is 25.3. The molecule has 1 amide bonds. The minimum Gasteiger partial charge on any atom is -0.506 e. The summed E-state index contributed by atoms with van der Waals surface area (Å²) in [7, 11) is 0. The van der Waals surface area contributed by atoms with Crippen molar-refractivity contribution in [2.45, 2.75) is 6.92 Å². The van der Waals surface area contributed by atoms with Gasteiger partial charge in [-0.3, -0.25) is 9.59 Å². The Bertz CT molecular complexity index is 933. The Hall–Kier alpha value is -3.40. The smallest absolute Gasteiger partial charge is 0.256 e. The second-order valence-electron chi connectivity index (χ2n) is 5.72. The maximum absolute atomic E-state index is 12.7. The summed E-state index contributed by atoms with van der Waals surface area (Å²) >= 11 is 0. The maximum Gasteiger partial charge on any atom is 0.256 e. The van der Waals surface area contributed by atoms with E-state index in [1.165, 1.54) is 0 Å². The monoisotopic (exact) mass is 331 g/mol. The van der Waals surface area contributed by atoms with Gasteiger partial charge in [0.2, 0.25) is 0 Å². The number of ketones is 1. The molecule has 0 spiro atoms. The lowest BCUT2D eigenvalue weighted by molar-refractivity contribution is 0.0996. The number of aromatic hydroxyl groups is 1. The zero-order valence-electron chi connectivity index (χ0n) is 13.7. The van der Waals surface area contributed by atoms with E-state index < -0.39 is 5.91 Å². The van der Waals surface area contributed by atoms with Gasteiger partial charge < -0.3 is 10.4 Å². The van der Waals surface area contributed by atoms with Crippen LogP contribution < -0.4 is 5.32 Å². The van der Waals surface area contributed by atoms with E-state index >= 15 is 0 Å². The first-order valence-electron chi connectivity index (χ1n) is 7.86. The maximum atomic E-state index is 12.7. The highest BCUT2D eigenvalue weighted by Gasteiger charge is 2.18.